The second-order valence-electron chi connectivity index (χ2n) is 4.35. The highest BCUT2D eigenvalue weighted by Crippen LogP contribution is 2.40. The molecule has 1 atom stereocenters. The first-order valence-electron chi connectivity index (χ1n) is 5.64. The molecule has 13 heavy (non-hydrogen) atoms. The van der Waals surface area contributed by atoms with Crippen molar-refractivity contribution in [2.75, 3.05) is 6.61 Å². The molecule has 2 nitrogen and oxygen atoms in total. The number of ether oxygens (including phenoxy) is 2. The predicted molar refractivity (Wildman–Crippen MR) is 51.5 cm³/mol. The van der Waals surface area contributed by atoms with E-state index in [9.17, 15) is 0 Å². The summed E-state index contributed by atoms with van der Waals surface area (Å²) in [6.07, 6.45) is 8.64. The molecule has 2 heteroatoms. The molecule has 2 rings (SSSR count). The van der Waals surface area contributed by atoms with E-state index in [0.29, 0.717) is 0 Å². The fourth-order valence-electron chi connectivity index (χ4n) is 2.51. The maximum absolute atomic E-state index is 6.05. The van der Waals surface area contributed by atoms with Gasteiger partial charge >= 0.3 is 0 Å². The molecule has 0 N–H and O–H groups in total. The Balaban J connectivity index is 1.90. The molecule has 76 valence electrons. The number of hydrogen-bond acceptors (Lipinski definition) is 2. The average molecular weight is 184 g/mol. The third-order valence-corrected chi connectivity index (χ3v) is 3.28. The summed E-state index contributed by atoms with van der Waals surface area (Å²) in [4.78, 5) is 0. The van der Waals surface area contributed by atoms with Crippen LogP contribution < -0.4 is 0 Å². The number of rotatable bonds is 2. The first kappa shape index (κ1) is 9.47. The van der Waals surface area contributed by atoms with Crippen LogP contribution in [0.1, 0.15) is 51.9 Å². The van der Waals surface area contributed by atoms with E-state index in [2.05, 4.69) is 6.92 Å². The molecule has 0 radical (unpaired) electrons. The Bertz CT molecular complexity index is 159. The summed E-state index contributed by atoms with van der Waals surface area (Å²) in [5.74, 6) is 0. The molecule has 2 aliphatic rings. The zero-order chi connectivity index (χ0) is 9.15. The van der Waals surface area contributed by atoms with E-state index in [1.165, 1.54) is 25.7 Å². The summed E-state index contributed by atoms with van der Waals surface area (Å²) >= 11 is 0. The van der Waals surface area contributed by atoms with Gasteiger partial charge in [0.15, 0.2) is 6.29 Å². The largest absolute Gasteiger partial charge is 0.353 e. The molecule has 0 amide bonds. The van der Waals surface area contributed by atoms with Crippen LogP contribution in [0, 0.1) is 0 Å². The van der Waals surface area contributed by atoms with Crippen LogP contribution in [-0.2, 0) is 9.47 Å². The van der Waals surface area contributed by atoms with Crippen LogP contribution in [-0.4, -0.2) is 18.5 Å². The van der Waals surface area contributed by atoms with Crippen LogP contribution in [0.15, 0.2) is 0 Å². The standard InChI is InChI=1S/C11H20O2/c1-2-5-10-12-9-8-11(13-10)6-3-4-7-11/h10H,2-9H2,1H3/t10-/m1/s1. The van der Waals surface area contributed by atoms with Gasteiger partial charge < -0.3 is 9.47 Å². The quantitative estimate of drug-likeness (QED) is 0.657. The Labute approximate surface area is 80.6 Å². The van der Waals surface area contributed by atoms with E-state index >= 15 is 0 Å². The lowest BCUT2D eigenvalue weighted by Gasteiger charge is -2.38. The molecular formula is C11H20O2. The lowest BCUT2D eigenvalue weighted by atomic mass is 9.97. The van der Waals surface area contributed by atoms with Crippen LogP contribution >= 0.6 is 0 Å². The van der Waals surface area contributed by atoms with Crippen LogP contribution in [0.2, 0.25) is 0 Å². The minimum absolute atomic E-state index is 0.0943. The van der Waals surface area contributed by atoms with E-state index in [1.54, 1.807) is 0 Å². The Hall–Kier alpha value is -0.0800. The van der Waals surface area contributed by atoms with Crippen LogP contribution in [0.3, 0.4) is 0 Å². The second kappa shape index (κ2) is 3.97. The topological polar surface area (TPSA) is 18.5 Å². The Morgan fingerprint density at radius 3 is 2.69 bits per heavy atom. The van der Waals surface area contributed by atoms with Crippen molar-refractivity contribution in [1.29, 1.82) is 0 Å². The second-order valence-corrected chi connectivity index (χ2v) is 4.35. The summed E-state index contributed by atoms with van der Waals surface area (Å²) in [7, 11) is 0. The molecule has 0 aromatic rings. The summed E-state index contributed by atoms with van der Waals surface area (Å²) < 4.78 is 11.6. The van der Waals surface area contributed by atoms with Crippen LogP contribution in [0.4, 0.5) is 0 Å². The summed E-state index contributed by atoms with van der Waals surface area (Å²) in [6.45, 7) is 3.09. The average Bonchev–Trinajstić information content (AvgIpc) is 2.54. The smallest absolute Gasteiger partial charge is 0.158 e. The zero-order valence-electron chi connectivity index (χ0n) is 8.55. The summed E-state index contributed by atoms with van der Waals surface area (Å²) in [5.41, 5.74) is 0.220. The lowest BCUT2D eigenvalue weighted by Crippen LogP contribution is -2.41. The molecule has 1 saturated carbocycles. The van der Waals surface area contributed by atoms with E-state index in [4.69, 9.17) is 9.47 Å². The monoisotopic (exact) mass is 184 g/mol. The van der Waals surface area contributed by atoms with Gasteiger partial charge in [0.2, 0.25) is 0 Å². The Morgan fingerprint density at radius 1 is 1.23 bits per heavy atom. The summed E-state index contributed by atoms with van der Waals surface area (Å²) in [5, 5.41) is 0. The number of hydrogen-bond donors (Lipinski definition) is 0. The SMILES string of the molecule is CCC[C@@H]1OCCC2(CCCC2)O1. The van der Waals surface area contributed by atoms with E-state index in [1.807, 2.05) is 0 Å². The van der Waals surface area contributed by atoms with Gasteiger partial charge in [-0.05, 0) is 25.7 Å². The van der Waals surface area contributed by atoms with Crippen molar-refractivity contribution < 1.29 is 9.47 Å². The summed E-state index contributed by atoms with van der Waals surface area (Å²) in [6, 6.07) is 0. The van der Waals surface area contributed by atoms with Crippen LogP contribution in [0.25, 0.3) is 0 Å². The van der Waals surface area contributed by atoms with Gasteiger partial charge in [0.05, 0.1) is 12.2 Å². The van der Waals surface area contributed by atoms with Gasteiger partial charge in [-0.2, -0.15) is 0 Å². The molecule has 1 saturated heterocycles. The van der Waals surface area contributed by atoms with Crippen molar-refractivity contribution in [2.45, 2.75) is 63.8 Å². The van der Waals surface area contributed by atoms with Gasteiger partial charge in [-0.25, -0.2) is 0 Å². The first-order chi connectivity index (χ1) is 6.35. The lowest BCUT2D eigenvalue weighted by molar-refractivity contribution is -0.256. The zero-order valence-corrected chi connectivity index (χ0v) is 8.55. The highest BCUT2D eigenvalue weighted by molar-refractivity contribution is 4.88. The highest BCUT2D eigenvalue weighted by Gasteiger charge is 2.39. The van der Waals surface area contributed by atoms with Gasteiger partial charge in [-0.1, -0.05) is 26.2 Å². The van der Waals surface area contributed by atoms with Crippen molar-refractivity contribution >= 4 is 0 Å². The highest BCUT2D eigenvalue weighted by atomic mass is 16.7. The Morgan fingerprint density at radius 2 is 2.00 bits per heavy atom. The molecule has 1 heterocycles. The van der Waals surface area contributed by atoms with Crippen molar-refractivity contribution in [2.24, 2.45) is 0 Å². The van der Waals surface area contributed by atoms with E-state index in [0.717, 1.165) is 25.9 Å². The minimum atomic E-state index is 0.0943. The van der Waals surface area contributed by atoms with Gasteiger partial charge in [-0.3, -0.25) is 0 Å². The minimum Gasteiger partial charge on any atom is -0.353 e. The van der Waals surface area contributed by atoms with Crippen molar-refractivity contribution in [3.8, 4) is 0 Å². The fourth-order valence-corrected chi connectivity index (χ4v) is 2.51. The normalized spacial score (nSPS) is 32.5. The fraction of sp³-hybridized carbons (Fsp3) is 1.00. The van der Waals surface area contributed by atoms with Gasteiger partial charge in [0.25, 0.3) is 0 Å². The molecule has 0 aromatic carbocycles. The molecule has 1 aliphatic carbocycles. The third kappa shape index (κ3) is 2.05. The van der Waals surface area contributed by atoms with Gasteiger partial charge in [-0.15, -0.1) is 0 Å². The van der Waals surface area contributed by atoms with Gasteiger partial charge in [0, 0.05) is 0 Å². The molecular weight excluding hydrogens is 164 g/mol. The molecule has 1 aliphatic heterocycles. The molecule has 1 spiro atoms. The van der Waals surface area contributed by atoms with Crippen molar-refractivity contribution in [1.82, 2.24) is 0 Å². The van der Waals surface area contributed by atoms with E-state index in [-0.39, 0.29) is 11.9 Å². The van der Waals surface area contributed by atoms with E-state index < -0.39 is 0 Å². The van der Waals surface area contributed by atoms with Crippen LogP contribution in [0.5, 0.6) is 0 Å². The molecule has 0 aromatic heterocycles. The molecule has 0 bridgehead atoms. The third-order valence-electron chi connectivity index (χ3n) is 3.28. The maximum Gasteiger partial charge on any atom is 0.158 e. The Kier molecular flexibility index (Phi) is 2.89. The molecule has 0 unspecified atom stereocenters. The maximum atomic E-state index is 6.05. The molecule has 2 fully saturated rings. The first-order valence-corrected chi connectivity index (χ1v) is 5.64. The van der Waals surface area contributed by atoms with Crippen molar-refractivity contribution in [3.63, 3.8) is 0 Å². The van der Waals surface area contributed by atoms with Gasteiger partial charge in [0.1, 0.15) is 0 Å². The predicted octanol–water partition coefficient (Wildman–Crippen LogP) is 2.86. The van der Waals surface area contributed by atoms with Crippen molar-refractivity contribution in [3.05, 3.63) is 0 Å².